The van der Waals surface area contributed by atoms with Crippen molar-refractivity contribution in [1.29, 1.82) is 0 Å². The van der Waals surface area contributed by atoms with Gasteiger partial charge in [0.05, 0.1) is 0 Å². The molecule has 0 aliphatic heterocycles. The van der Waals surface area contributed by atoms with Crippen molar-refractivity contribution in [2.45, 2.75) is 57.9 Å². The second-order valence-electron chi connectivity index (χ2n) is 7.09. The van der Waals surface area contributed by atoms with Gasteiger partial charge in [-0.1, -0.05) is 50.1 Å². The number of amides is 1. The van der Waals surface area contributed by atoms with E-state index in [-0.39, 0.29) is 23.3 Å². The lowest BCUT2D eigenvalue weighted by Crippen LogP contribution is -2.42. The second-order valence-corrected chi connectivity index (χ2v) is 7.09. The molecule has 2 unspecified atom stereocenters. The highest BCUT2D eigenvalue weighted by Gasteiger charge is 2.27. The zero-order valence-electron chi connectivity index (χ0n) is 13.5. The normalized spacial score (nSPS) is 22.9. The summed E-state index contributed by atoms with van der Waals surface area (Å²) in [5, 5.41) is 3.14. The van der Waals surface area contributed by atoms with Gasteiger partial charge in [0.25, 0.3) is 0 Å². The average Bonchev–Trinajstić information content (AvgIpc) is 2.45. The Morgan fingerprint density at radius 2 is 2.14 bits per heavy atom. The Kier molecular flexibility index (Phi) is 5.04. The van der Waals surface area contributed by atoms with Crippen LogP contribution in [0.1, 0.15) is 50.7 Å². The number of nitrogens with two attached hydrogens (primary N) is 1. The van der Waals surface area contributed by atoms with Crippen molar-refractivity contribution in [3.8, 4) is 0 Å². The molecule has 0 spiro atoms. The molecule has 0 bridgehead atoms. The molecule has 1 aromatic carbocycles. The number of nitrogens with one attached hydrogen (secondary N) is 1. The van der Waals surface area contributed by atoms with Crippen LogP contribution < -0.4 is 11.1 Å². The number of rotatable bonds is 4. The molecule has 0 radical (unpaired) electrons. The molecule has 1 aliphatic rings. The van der Waals surface area contributed by atoms with Crippen LogP contribution in [0.4, 0.5) is 0 Å². The molecule has 0 heterocycles. The van der Waals surface area contributed by atoms with Crippen LogP contribution in [0.25, 0.3) is 0 Å². The van der Waals surface area contributed by atoms with E-state index in [1.807, 2.05) is 0 Å². The van der Waals surface area contributed by atoms with Gasteiger partial charge in [0.1, 0.15) is 0 Å². The van der Waals surface area contributed by atoms with Gasteiger partial charge in [-0.2, -0.15) is 0 Å². The highest BCUT2D eigenvalue weighted by molar-refractivity contribution is 5.78. The van der Waals surface area contributed by atoms with E-state index in [9.17, 15) is 4.79 Å². The first kappa shape index (κ1) is 16.0. The first-order chi connectivity index (χ1) is 9.88. The van der Waals surface area contributed by atoms with Crippen LogP contribution in [0.3, 0.4) is 0 Å². The van der Waals surface area contributed by atoms with Crippen LogP contribution in [0.5, 0.6) is 0 Å². The molecule has 2 rings (SSSR count). The third kappa shape index (κ3) is 4.31. The summed E-state index contributed by atoms with van der Waals surface area (Å²) in [6, 6.07) is 8.70. The number of aryl methyl sites for hydroxylation is 1. The molecule has 0 saturated heterocycles. The summed E-state index contributed by atoms with van der Waals surface area (Å²) in [4.78, 5) is 12.3. The summed E-state index contributed by atoms with van der Waals surface area (Å²) in [5.74, 6) is 0.271. The maximum absolute atomic E-state index is 12.3. The van der Waals surface area contributed by atoms with Crippen LogP contribution in [-0.2, 0) is 10.2 Å². The lowest BCUT2D eigenvalue weighted by atomic mass is 9.82. The third-order valence-corrected chi connectivity index (χ3v) is 4.59. The van der Waals surface area contributed by atoms with Crippen molar-refractivity contribution in [1.82, 2.24) is 5.32 Å². The highest BCUT2D eigenvalue weighted by atomic mass is 16.1. The van der Waals surface area contributed by atoms with Crippen LogP contribution in [0.2, 0.25) is 0 Å². The molecule has 2 atom stereocenters. The Bertz CT molecular complexity index is 496. The minimum absolute atomic E-state index is 0.0571. The predicted molar refractivity (Wildman–Crippen MR) is 87.1 cm³/mol. The molecule has 1 aliphatic carbocycles. The summed E-state index contributed by atoms with van der Waals surface area (Å²) in [7, 11) is 0. The van der Waals surface area contributed by atoms with Gasteiger partial charge in [0, 0.05) is 23.9 Å². The van der Waals surface area contributed by atoms with Crippen molar-refractivity contribution < 1.29 is 4.79 Å². The summed E-state index contributed by atoms with van der Waals surface area (Å²) >= 11 is 0. The third-order valence-electron chi connectivity index (χ3n) is 4.59. The fraction of sp³-hybridized carbons (Fsp3) is 0.611. The molecule has 1 aromatic rings. The quantitative estimate of drug-likeness (QED) is 0.895. The summed E-state index contributed by atoms with van der Waals surface area (Å²) in [6.07, 6.45) is 3.93. The van der Waals surface area contributed by atoms with E-state index in [1.165, 1.54) is 11.1 Å². The zero-order valence-corrected chi connectivity index (χ0v) is 13.5. The molecule has 1 fully saturated rings. The van der Waals surface area contributed by atoms with Crippen LogP contribution in [0, 0.1) is 12.8 Å². The van der Waals surface area contributed by atoms with E-state index in [4.69, 9.17) is 5.73 Å². The van der Waals surface area contributed by atoms with E-state index in [2.05, 4.69) is 50.4 Å². The van der Waals surface area contributed by atoms with Crippen LogP contribution in [-0.4, -0.2) is 18.5 Å². The molecule has 3 nitrogen and oxygen atoms in total. The molecule has 21 heavy (non-hydrogen) atoms. The monoisotopic (exact) mass is 288 g/mol. The Labute approximate surface area is 128 Å². The van der Waals surface area contributed by atoms with Gasteiger partial charge >= 0.3 is 0 Å². The van der Waals surface area contributed by atoms with E-state index in [0.717, 1.165) is 25.7 Å². The topological polar surface area (TPSA) is 55.1 Å². The van der Waals surface area contributed by atoms with E-state index < -0.39 is 0 Å². The van der Waals surface area contributed by atoms with Gasteiger partial charge in [-0.25, -0.2) is 0 Å². The minimum Gasteiger partial charge on any atom is -0.355 e. The van der Waals surface area contributed by atoms with Gasteiger partial charge < -0.3 is 11.1 Å². The van der Waals surface area contributed by atoms with Crippen molar-refractivity contribution in [3.05, 3.63) is 35.4 Å². The van der Waals surface area contributed by atoms with Crippen LogP contribution >= 0.6 is 0 Å². The molecule has 3 heteroatoms. The minimum atomic E-state index is -0.0571. The van der Waals surface area contributed by atoms with Gasteiger partial charge in [0.15, 0.2) is 0 Å². The van der Waals surface area contributed by atoms with Gasteiger partial charge in [-0.15, -0.1) is 0 Å². The van der Waals surface area contributed by atoms with Crippen molar-refractivity contribution in [3.63, 3.8) is 0 Å². The molecule has 1 saturated carbocycles. The number of benzene rings is 1. The number of carbonyl (C=O) groups excluding carboxylic acids is 1. The van der Waals surface area contributed by atoms with Crippen molar-refractivity contribution in [2.75, 3.05) is 6.54 Å². The van der Waals surface area contributed by atoms with Gasteiger partial charge in [-0.05, 0) is 31.7 Å². The molecule has 0 aromatic heterocycles. The zero-order chi connectivity index (χ0) is 15.5. The molecular formula is C18H28N2O. The lowest BCUT2D eigenvalue weighted by molar-refractivity contribution is -0.126. The Balaban J connectivity index is 1.93. The first-order valence-electron chi connectivity index (χ1n) is 7.99. The standard InChI is InChI=1S/C18H28N2O/c1-13-6-4-8-15(10-13)18(2,3)12-20-17(21)14-7-5-9-16(19)11-14/h4,6,8,10,14,16H,5,7,9,11-12,19H2,1-3H3,(H,20,21). The SMILES string of the molecule is Cc1cccc(C(C)(C)CNC(=O)C2CCCC(N)C2)c1. The number of carbonyl (C=O) groups is 1. The number of hydrogen-bond acceptors (Lipinski definition) is 2. The maximum Gasteiger partial charge on any atom is 0.223 e. The first-order valence-corrected chi connectivity index (χ1v) is 7.99. The molecule has 116 valence electrons. The van der Waals surface area contributed by atoms with Gasteiger partial charge in [0.2, 0.25) is 5.91 Å². The second kappa shape index (κ2) is 6.61. The van der Waals surface area contributed by atoms with E-state index in [1.54, 1.807) is 0 Å². The fourth-order valence-electron chi connectivity index (χ4n) is 3.09. The van der Waals surface area contributed by atoms with Gasteiger partial charge in [-0.3, -0.25) is 4.79 Å². The summed E-state index contributed by atoms with van der Waals surface area (Å²) in [5.41, 5.74) is 8.44. The summed E-state index contributed by atoms with van der Waals surface area (Å²) in [6.45, 7) is 7.12. The molecular weight excluding hydrogens is 260 g/mol. The van der Waals surface area contributed by atoms with Crippen molar-refractivity contribution >= 4 is 5.91 Å². The average molecular weight is 288 g/mol. The maximum atomic E-state index is 12.3. The van der Waals surface area contributed by atoms with E-state index >= 15 is 0 Å². The Morgan fingerprint density at radius 1 is 1.38 bits per heavy atom. The highest BCUT2D eigenvalue weighted by Crippen LogP contribution is 2.25. The Morgan fingerprint density at radius 3 is 2.81 bits per heavy atom. The van der Waals surface area contributed by atoms with Crippen molar-refractivity contribution in [2.24, 2.45) is 11.7 Å². The Hall–Kier alpha value is -1.35. The predicted octanol–water partition coefficient (Wildman–Crippen LogP) is 2.91. The molecule has 1 amide bonds. The smallest absolute Gasteiger partial charge is 0.223 e. The largest absolute Gasteiger partial charge is 0.355 e. The molecule has 3 N–H and O–H groups in total. The van der Waals surface area contributed by atoms with Crippen LogP contribution in [0.15, 0.2) is 24.3 Å². The lowest BCUT2D eigenvalue weighted by Gasteiger charge is -2.29. The fourth-order valence-corrected chi connectivity index (χ4v) is 3.09. The number of hydrogen-bond donors (Lipinski definition) is 2. The van der Waals surface area contributed by atoms with E-state index in [0.29, 0.717) is 6.54 Å². The summed E-state index contributed by atoms with van der Waals surface area (Å²) < 4.78 is 0.